The Morgan fingerprint density at radius 3 is 2.60 bits per heavy atom. The van der Waals surface area contributed by atoms with Gasteiger partial charge in [-0.05, 0) is 23.6 Å². The van der Waals surface area contributed by atoms with Crippen molar-refractivity contribution in [3.05, 3.63) is 59.2 Å². The zero-order valence-electron chi connectivity index (χ0n) is 17.3. The minimum absolute atomic E-state index is 0.177. The van der Waals surface area contributed by atoms with E-state index in [2.05, 4.69) is 9.97 Å². The summed E-state index contributed by atoms with van der Waals surface area (Å²) in [4.78, 5) is 34.1. The number of carbonyl (C=O) groups is 2. The van der Waals surface area contributed by atoms with Crippen molar-refractivity contribution in [1.29, 1.82) is 0 Å². The van der Waals surface area contributed by atoms with Crippen molar-refractivity contribution in [2.24, 2.45) is 5.41 Å². The molecule has 4 rings (SSSR count). The van der Waals surface area contributed by atoms with Gasteiger partial charge >= 0.3 is 6.09 Å². The molecule has 8 nitrogen and oxygen atoms in total. The van der Waals surface area contributed by atoms with Crippen LogP contribution in [-0.2, 0) is 5.72 Å². The Kier molecular flexibility index (Phi) is 4.36. The lowest BCUT2D eigenvalue weighted by Crippen LogP contribution is -2.48. The van der Waals surface area contributed by atoms with E-state index in [-0.39, 0.29) is 17.3 Å². The normalized spacial score (nSPS) is 18.7. The Balaban J connectivity index is 1.88. The van der Waals surface area contributed by atoms with Gasteiger partial charge in [0.05, 0.1) is 11.0 Å². The SMILES string of the molecule is CN(C(=O)O)c1nc2ccc(C3(O)c4ccccc4C(=O)N3CC(C)(C)C)cc2[nH]1. The first-order chi connectivity index (χ1) is 14.0. The molecule has 2 amide bonds. The fraction of sp³-hybridized carbons (Fsp3) is 0.318. The van der Waals surface area contributed by atoms with Crippen LogP contribution in [0.2, 0.25) is 0 Å². The number of fused-ring (bicyclic) bond motifs is 2. The van der Waals surface area contributed by atoms with E-state index in [1.54, 1.807) is 42.5 Å². The maximum absolute atomic E-state index is 13.2. The molecule has 8 heteroatoms. The van der Waals surface area contributed by atoms with Crippen LogP contribution < -0.4 is 4.90 Å². The Bertz CT molecular complexity index is 1160. The third kappa shape index (κ3) is 3.00. The van der Waals surface area contributed by atoms with Crippen LogP contribution in [0.1, 0.15) is 42.3 Å². The van der Waals surface area contributed by atoms with Crippen molar-refractivity contribution in [3.8, 4) is 0 Å². The molecule has 2 aromatic carbocycles. The molecule has 0 bridgehead atoms. The van der Waals surface area contributed by atoms with E-state index in [0.29, 0.717) is 34.3 Å². The van der Waals surface area contributed by atoms with Crippen LogP contribution in [0.15, 0.2) is 42.5 Å². The molecule has 1 unspecified atom stereocenters. The standard InChI is InChI=1S/C22H24N4O4/c1-21(2,3)12-26-18(27)14-7-5-6-8-15(14)22(26,30)13-9-10-16-17(11-13)24-19(23-16)25(4)20(28)29/h5-11,30H,12H2,1-4H3,(H,23,24)(H,28,29). The minimum Gasteiger partial charge on any atom is -0.465 e. The van der Waals surface area contributed by atoms with Crippen molar-refractivity contribution >= 4 is 29.0 Å². The summed E-state index contributed by atoms with van der Waals surface area (Å²) in [5.74, 6) is -0.0462. The lowest BCUT2D eigenvalue weighted by atomic mass is 9.91. The Morgan fingerprint density at radius 1 is 1.23 bits per heavy atom. The predicted molar refractivity (Wildman–Crippen MR) is 112 cm³/mol. The number of H-pyrrole nitrogens is 1. The highest BCUT2D eigenvalue weighted by Gasteiger charge is 2.50. The molecule has 0 aliphatic carbocycles. The third-order valence-electron chi connectivity index (χ3n) is 5.28. The first kappa shape index (κ1) is 19.9. The first-order valence-corrected chi connectivity index (χ1v) is 9.63. The second-order valence-corrected chi connectivity index (χ2v) is 8.80. The lowest BCUT2D eigenvalue weighted by molar-refractivity contribution is -0.0616. The van der Waals surface area contributed by atoms with E-state index in [9.17, 15) is 19.8 Å². The van der Waals surface area contributed by atoms with Gasteiger partial charge in [0.1, 0.15) is 0 Å². The second-order valence-electron chi connectivity index (χ2n) is 8.80. The number of hydrogen-bond donors (Lipinski definition) is 3. The third-order valence-corrected chi connectivity index (χ3v) is 5.28. The zero-order chi connectivity index (χ0) is 21.8. The molecule has 0 spiro atoms. The monoisotopic (exact) mass is 408 g/mol. The van der Waals surface area contributed by atoms with E-state index in [4.69, 9.17) is 0 Å². The summed E-state index contributed by atoms with van der Waals surface area (Å²) < 4.78 is 0. The number of carboxylic acid groups (broad SMARTS) is 1. The van der Waals surface area contributed by atoms with Gasteiger partial charge in [0.2, 0.25) is 5.95 Å². The maximum Gasteiger partial charge on any atom is 0.413 e. The molecule has 1 aliphatic rings. The molecule has 2 heterocycles. The summed E-state index contributed by atoms with van der Waals surface area (Å²) in [6, 6.07) is 12.2. The Morgan fingerprint density at radius 2 is 1.93 bits per heavy atom. The number of aliphatic hydroxyl groups is 1. The molecule has 0 radical (unpaired) electrons. The summed E-state index contributed by atoms with van der Waals surface area (Å²) >= 11 is 0. The molecule has 3 N–H and O–H groups in total. The second kappa shape index (κ2) is 6.56. The van der Waals surface area contributed by atoms with Crippen LogP contribution >= 0.6 is 0 Å². The number of benzene rings is 2. The van der Waals surface area contributed by atoms with Gasteiger partial charge in [-0.25, -0.2) is 9.78 Å². The van der Waals surface area contributed by atoms with Crippen molar-refractivity contribution in [2.75, 3.05) is 18.5 Å². The van der Waals surface area contributed by atoms with Crippen LogP contribution in [-0.4, -0.2) is 50.7 Å². The van der Waals surface area contributed by atoms with Gasteiger partial charge in [-0.3, -0.25) is 9.69 Å². The number of anilines is 1. The van der Waals surface area contributed by atoms with Crippen LogP contribution in [0.5, 0.6) is 0 Å². The van der Waals surface area contributed by atoms with Gasteiger partial charge in [-0.2, -0.15) is 0 Å². The van der Waals surface area contributed by atoms with Crippen LogP contribution in [0.25, 0.3) is 11.0 Å². The molecule has 1 aromatic heterocycles. The number of hydrogen-bond acceptors (Lipinski definition) is 4. The average Bonchev–Trinajstić information content (AvgIpc) is 3.20. The van der Waals surface area contributed by atoms with Gasteiger partial charge in [0.25, 0.3) is 5.91 Å². The van der Waals surface area contributed by atoms with Crippen LogP contribution in [0.3, 0.4) is 0 Å². The number of nitrogens with zero attached hydrogens (tertiary/aromatic N) is 3. The number of imidazole rings is 1. The Hall–Kier alpha value is -3.39. The number of aromatic amines is 1. The molecular weight excluding hydrogens is 384 g/mol. The fourth-order valence-electron chi connectivity index (χ4n) is 3.85. The first-order valence-electron chi connectivity index (χ1n) is 9.63. The molecule has 0 fully saturated rings. The maximum atomic E-state index is 13.2. The van der Waals surface area contributed by atoms with E-state index in [0.717, 1.165) is 4.90 Å². The van der Waals surface area contributed by atoms with Crippen LogP contribution in [0.4, 0.5) is 10.7 Å². The van der Waals surface area contributed by atoms with Crippen molar-refractivity contribution < 1.29 is 19.8 Å². The topological polar surface area (TPSA) is 110 Å². The molecule has 0 saturated carbocycles. The molecule has 0 saturated heterocycles. The van der Waals surface area contributed by atoms with Gasteiger partial charge in [0, 0.05) is 30.3 Å². The van der Waals surface area contributed by atoms with E-state index in [1.807, 2.05) is 20.8 Å². The predicted octanol–water partition coefficient (Wildman–Crippen LogP) is 3.37. The smallest absolute Gasteiger partial charge is 0.413 e. The minimum atomic E-state index is -1.64. The highest BCUT2D eigenvalue weighted by Crippen LogP contribution is 2.44. The molecule has 1 atom stereocenters. The van der Waals surface area contributed by atoms with Crippen molar-refractivity contribution in [1.82, 2.24) is 14.9 Å². The average molecular weight is 408 g/mol. The van der Waals surface area contributed by atoms with E-state index >= 15 is 0 Å². The molecular formula is C22H24N4O4. The molecule has 30 heavy (non-hydrogen) atoms. The summed E-state index contributed by atoms with van der Waals surface area (Å²) in [6.45, 7) is 6.38. The van der Waals surface area contributed by atoms with Crippen molar-refractivity contribution in [2.45, 2.75) is 26.5 Å². The summed E-state index contributed by atoms with van der Waals surface area (Å²) in [7, 11) is 1.39. The van der Waals surface area contributed by atoms with Gasteiger partial charge in [-0.1, -0.05) is 45.0 Å². The quantitative estimate of drug-likeness (QED) is 0.615. The number of aromatic nitrogens is 2. The summed E-state index contributed by atoms with van der Waals surface area (Å²) in [6.07, 6.45) is -1.14. The Labute approximate surface area is 173 Å². The van der Waals surface area contributed by atoms with Gasteiger partial charge in [0.15, 0.2) is 5.72 Å². The van der Waals surface area contributed by atoms with Crippen molar-refractivity contribution in [3.63, 3.8) is 0 Å². The largest absolute Gasteiger partial charge is 0.465 e. The summed E-state index contributed by atoms with van der Waals surface area (Å²) in [5.41, 5.74) is 0.759. The van der Waals surface area contributed by atoms with Crippen LogP contribution in [0, 0.1) is 5.41 Å². The number of amides is 2. The van der Waals surface area contributed by atoms with E-state index in [1.165, 1.54) is 11.9 Å². The lowest BCUT2D eigenvalue weighted by Gasteiger charge is -2.38. The fourth-order valence-corrected chi connectivity index (χ4v) is 3.85. The molecule has 1 aliphatic heterocycles. The highest BCUT2D eigenvalue weighted by atomic mass is 16.4. The van der Waals surface area contributed by atoms with E-state index < -0.39 is 11.8 Å². The molecule has 156 valence electrons. The summed E-state index contributed by atoms with van der Waals surface area (Å²) in [5, 5.41) is 21.1. The number of rotatable bonds is 3. The van der Waals surface area contributed by atoms with Gasteiger partial charge in [-0.15, -0.1) is 0 Å². The zero-order valence-corrected chi connectivity index (χ0v) is 17.3. The van der Waals surface area contributed by atoms with Gasteiger partial charge < -0.3 is 20.1 Å². The number of nitrogens with one attached hydrogen (secondary N) is 1. The highest BCUT2D eigenvalue weighted by molar-refractivity contribution is 6.00. The number of carbonyl (C=O) groups excluding carboxylic acids is 1. The molecule has 3 aromatic rings.